The number of hydrogen-bond acceptors (Lipinski definition) is 3. The third-order valence-corrected chi connectivity index (χ3v) is 2.37. The largest absolute Gasteiger partial charge is 0.382 e. The normalized spacial score (nSPS) is 12.7. The molecule has 0 saturated carbocycles. The zero-order chi connectivity index (χ0) is 12.3. The highest BCUT2D eigenvalue weighted by molar-refractivity contribution is 5.28. The molecule has 0 amide bonds. The lowest BCUT2D eigenvalue weighted by atomic mass is 10.1. The van der Waals surface area contributed by atoms with Crippen LogP contribution in [0.15, 0.2) is 42.9 Å². The van der Waals surface area contributed by atoms with Crippen LogP contribution in [0.5, 0.6) is 0 Å². The number of aliphatic hydroxyl groups is 1. The smallest absolute Gasteiger partial charge is 0.263 e. The van der Waals surface area contributed by atoms with E-state index >= 15 is 0 Å². The molecule has 0 aliphatic carbocycles. The summed E-state index contributed by atoms with van der Waals surface area (Å²) >= 11 is 0. The number of hydrogen-bond donors (Lipinski definition) is 1. The van der Waals surface area contributed by atoms with E-state index in [-0.39, 0.29) is 5.56 Å². The van der Waals surface area contributed by atoms with Crippen LogP contribution in [0, 0.1) is 0 Å². The van der Waals surface area contributed by atoms with E-state index in [2.05, 4.69) is 9.97 Å². The molecule has 5 heteroatoms. The van der Waals surface area contributed by atoms with Gasteiger partial charge in [0.2, 0.25) is 0 Å². The molecule has 1 N–H and O–H groups in total. The van der Waals surface area contributed by atoms with Crippen LogP contribution >= 0.6 is 0 Å². The average Bonchev–Trinajstić information content (AvgIpc) is 2.39. The van der Waals surface area contributed by atoms with Gasteiger partial charge in [-0.1, -0.05) is 24.3 Å². The van der Waals surface area contributed by atoms with Crippen LogP contribution < -0.4 is 0 Å². The molecule has 0 radical (unpaired) electrons. The lowest BCUT2D eigenvalue weighted by molar-refractivity contribution is 0.151. The first-order chi connectivity index (χ1) is 8.18. The summed E-state index contributed by atoms with van der Waals surface area (Å²) in [7, 11) is 0. The molecule has 1 atom stereocenters. The van der Waals surface area contributed by atoms with Crippen LogP contribution in [0.25, 0.3) is 0 Å². The van der Waals surface area contributed by atoms with Gasteiger partial charge in [0.15, 0.2) is 0 Å². The van der Waals surface area contributed by atoms with Gasteiger partial charge in [0.05, 0.1) is 11.9 Å². The molecule has 88 valence electrons. The highest BCUT2D eigenvalue weighted by Gasteiger charge is 2.13. The van der Waals surface area contributed by atoms with Gasteiger partial charge in [-0.2, -0.15) is 0 Å². The first-order valence-electron chi connectivity index (χ1n) is 5.00. The van der Waals surface area contributed by atoms with Crippen LogP contribution in [0.3, 0.4) is 0 Å². The van der Waals surface area contributed by atoms with Gasteiger partial charge in [0.1, 0.15) is 6.10 Å². The molecule has 3 nitrogen and oxygen atoms in total. The van der Waals surface area contributed by atoms with Crippen molar-refractivity contribution in [3.63, 3.8) is 0 Å². The Bertz CT molecular complexity index is 474. The Morgan fingerprint density at radius 3 is 2.18 bits per heavy atom. The Morgan fingerprint density at radius 1 is 1.00 bits per heavy atom. The topological polar surface area (TPSA) is 46.0 Å². The van der Waals surface area contributed by atoms with Crippen molar-refractivity contribution < 1.29 is 13.9 Å². The second-order valence-electron chi connectivity index (χ2n) is 3.50. The average molecular weight is 236 g/mol. The molecule has 0 fully saturated rings. The van der Waals surface area contributed by atoms with Crippen molar-refractivity contribution in [3.8, 4) is 0 Å². The molecule has 0 bridgehead atoms. The summed E-state index contributed by atoms with van der Waals surface area (Å²) in [6.07, 6.45) is 0.946. The third kappa shape index (κ3) is 2.62. The predicted molar refractivity (Wildman–Crippen MR) is 57.5 cm³/mol. The van der Waals surface area contributed by atoms with Gasteiger partial charge in [-0.25, -0.2) is 8.78 Å². The second-order valence-corrected chi connectivity index (χ2v) is 3.50. The van der Waals surface area contributed by atoms with E-state index < -0.39 is 12.5 Å². The van der Waals surface area contributed by atoms with Crippen LogP contribution in [0.1, 0.15) is 29.4 Å². The van der Waals surface area contributed by atoms with Crippen molar-refractivity contribution in [1.82, 2.24) is 9.97 Å². The number of halogens is 2. The van der Waals surface area contributed by atoms with Crippen molar-refractivity contribution in [2.24, 2.45) is 0 Å². The van der Waals surface area contributed by atoms with Crippen molar-refractivity contribution in [2.45, 2.75) is 12.5 Å². The fraction of sp³-hybridized carbons (Fsp3) is 0.167. The summed E-state index contributed by atoms with van der Waals surface area (Å²) < 4.78 is 24.7. The van der Waals surface area contributed by atoms with E-state index in [1.54, 1.807) is 0 Å². The van der Waals surface area contributed by atoms with Crippen LogP contribution in [-0.2, 0) is 0 Å². The molecule has 0 saturated heterocycles. The molecule has 17 heavy (non-hydrogen) atoms. The summed E-state index contributed by atoms with van der Waals surface area (Å²) in [4.78, 5) is 7.79. The molecule has 1 unspecified atom stereocenters. The van der Waals surface area contributed by atoms with E-state index in [1.165, 1.54) is 42.9 Å². The maximum atomic E-state index is 12.3. The van der Waals surface area contributed by atoms with Crippen molar-refractivity contribution in [1.29, 1.82) is 0 Å². The van der Waals surface area contributed by atoms with Crippen molar-refractivity contribution in [2.75, 3.05) is 0 Å². The summed E-state index contributed by atoms with van der Waals surface area (Å²) in [5.41, 5.74) is 0.826. The number of nitrogens with zero attached hydrogens (tertiary/aromatic N) is 2. The summed E-state index contributed by atoms with van der Waals surface area (Å²) in [6.45, 7) is 0. The maximum absolute atomic E-state index is 12.3. The molecule has 0 spiro atoms. The van der Waals surface area contributed by atoms with Gasteiger partial charge < -0.3 is 5.11 Å². The minimum atomic E-state index is -2.50. The summed E-state index contributed by atoms with van der Waals surface area (Å²) in [5, 5.41) is 9.93. The molecule has 2 aromatic rings. The van der Waals surface area contributed by atoms with Gasteiger partial charge in [0.25, 0.3) is 6.43 Å². The Kier molecular flexibility index (Phi) is 3.39. The van der Waals surface area contributed by atoms with Gasteiger partial charge >= 0.3 is 0 Å². The van der Waals surface area contributed by atoms with E-state index in [0.717, 1.165) is 0 Å². The highest BCUT2D eigenvalue weighted by atomic mass is 19.3. The monoisotopic (exact) mass is 236 g/mol. The maximum Gasteiger partial charge on any atom is 0.263 e. The van der Waals surface area contributed by atoms with Crippen LogP contribution in [-0.4, -0.2) is 15.1 Å². The Labute approximate surface area is 96.8 Å². The lowest BCUT2D eigenvalue weighted by Gasteiger charge is -2.10. The second kappa shape index (κ2) is 4.97. The number of benzene rings is 1. The highest BCUT2D eigenvalue weighted by Crippen LogP contribution is 2.23. The SMILES string of the molecule is OC(c1ccc(C(F)F)cc1)c1cnccn1. The van der Waals surface area contributed by atoms with E-state index in [1.807, 2.05) is 0 Å². The standard InChI is InChI=1S/C12H10F2N2O/c13-12(14)9-3-1-8(2-4-9)11(17)10-7-15-5-6-16-10/h1-7,11-12,17H. The number of rotatable bonds is 3. The van der Waals surface area contributed by atoms with Crippen molar-refractivity contribution in [3.05, 3.63) is 59.7 Å². The molecule has 1 aromatic heterocycles. The minimum Gasteiger partial charge on any atom is -0.382 e. The molecule has 0 aliphatic rings. The fourth-order valence-corrected chi connectivity index (χ4v) is 1.45. The van der Waals surface area contributed by atoms with Gasteiger partial charge in [-0.05, 0) is 5.56 Å². The zero-order valence-electron chi connectivity index (χ0n) is 8.79. The Hall–Kier alpha value is -1.88. The van der Waals surface area contributed by atoms with E-state index in [0.29, 0.717) is 11.3 Å². The number of alkyl halides is 2. The van der Waals surface area contributed by atoms with Gasteiger partial charge in [-0.3, -0.25) is 9.97 Å². The number of aliphatic hydroxyl groups excluding tert-OH is 1. The Balaban J connectivity index is 2.23. The molecule has 0 aliphatic heterocycles. The first-order valence-corrected chi connectivity index (χ1v) is 5.00. The Morgan fingerprint density at radius 2 is 1.65 bits per heavy atom. The van der Waals surface area contributed by atoms with E-state index in [9.17, 15) is 13.9 Å². The lowest BCUT2D eigenvalue weighted by Crippen LogP contribution is -2.02. The first kappa shape index (κ1) is 11.6. The van der Waals surface area contributed by atoms with E-state index in [4.69, 9.17) is 0 Å². The number of aromatic nitrogens is 2. The molecule has 1 aromatic carbocycles. The summed E-state index contributed by atoms with van der Waals surface area (Å²) in [6, 6.07) is 5.50. The molecular formula is C12H10F2N2O. The third-order valence-electron chi connectivity index (χ3n) is 2.37. The quantitative estimate of drug-likeness (QED) is 0.890. The zero-order valence-corrected chi connectivity index (χ0v) is 8.79. The molecule has 2 rings (SSSR count). The molecule has 1 heterocycles. The fourth-order valence-electron chi connectivity index (χ4n) is 1.45. The molecular weight excluding hydrogens is 226 g/mol. The van der Waals surface area contributed by atoms with Crippen LogP contribution in [0.4, 0.5) is 8.78 Å². The summed E-state index contributed by atoms with van der Waals surface area (Å²) in [5.74, 6) is 0. The van der Waals surface area contributed by atoms with Gasteiger partial charge in [-0.15, -0.1) is 0 Å². The van der Waals surface area contributed by atoms with Crippen molar-refractivity contribution >= 4 is 0 Å². The van der Waals surface area contributed by atoms with Gasteiger partial charge in [0, 0.05) is 18.0 Å². The van der Waals surface area contributed by atoms with Crippen LogP contribution in [0.2, 0.25) is 0 Å². The minimum absolute atomic E-state index is 0.0694. The predicted octanol–water partition coefficient (Wildman–Crippen LogP) is 2.50.